The van der Waals surface area contributed by atoms with Crippen molar-refractivity contribution in [2.75, 3.05) is 6.61 Å². The van der Waals surface area contributed by atoms with Gasteiger partial charge >= 0.3 is 0 Å². The minimum Gasteiger partial charge on any atom is -0.375 e. The lowest BCUT2D eigenvalue weighted by molar-refractivity contribution is 0.0758. The van der Waals surface area contributed by atoms with Crippen molar-refractivity contribution < 1.29 is 9.53 Å². The number of rotatable bonds is 1. The molecule has 0 spiro atoms. The summed E-state index contributed by atoms with van der Waals surface area (Å²) >= 11 is 0. The Labute approximate surface area is 94.6 Å². The van der Waals surface area contributed by atoms with Gasteiger partial charge in [-0.15, -0.1) is 0 Å². The smallest absolute Gasteiger partial charge is 0.159 e. The Balaban J connectivity index is 2.58. The van der Waals surface area contributed by atoms with Crippen LogP contribution in [0.1, 0.15) is 35.3 Å². The predicted octanol–water partition coefficient (Wildman–Crippen LogP) is 2.20. The number of hydrogen-bond donors (Lipinski definition) is 0. The molecule has 0 radical (unpaired) electrons. The molecule has 16 heavy (non-hydrogen) atoms. The number of fused-ring (bicyclic) bond motifs is 1. The van der Waals surface area contributed by atoms with E-state index in [-0.39, 0.29) is 5.78 Å². The van der Waals surface area contributed by atoms with Gasteiger partial charge in [0.15, 0.2) is 5.78 Å². The molecular weight excluding hydrogens is 202 g/mol. The van der Waals surface area contributed by atoms with Crippen molar-refractivity contribution >= 4 is 5.78 Å². The zero-order chi connectivity index (χ0) is 11.8. The second kappa shape index (κ2) is 3.73. The molecule has 82 valence electrons. The first-order chi connectivity index (χ1) is 7.57. The van der Waals surface area contributed by atoms with Crippen LogP contribution in [0, 0.1) is 11.3 Å². The highest BCUT2D eigenvalue weighted by atomic mass is 16.5. The van der Waals surface area contributed by atoms with Gasteiger partial charge in [0.1, 0.15) is 5.41 Å². The molecule has 2 rings (SSSR count). The Hall–Kier alpha value is -1.66. The minimum atomic E-state index is -0.640. The molecule has 0 saturated carbocycles. The molecular formula is C13H13NO2. The van der Waals surface area contributed by atoms with Crippen LogP contribution in [-0.2, 0) is 16.8 Å². The quantitative estimate of drug-likeness (QED) is 0.675. The summed E-state index contributed by atoms with van der Waals surface area (Å²) in [7, 11) is 0. The van der Waals surface area contributed by atoms with Crippen LogP contribution in [0.3, 0.4) is 0 Å². The zero-order valence-electron chi connectivity index (χ0n) is 9.41. The van der Waals surface area contributed by atoms with Gasteiger partial charge < -0.3 is 4.74 Å². The first-order valence-corrected chi connectivity index (χ1v) is 5.20. The highest BCUT2D eigenvalue weighted by Gasteiger charge is 2.33. The van der Waals surface area contributed by atoms with Crippen LogP contribution in [0.2, 0.25) is 0 Å². The predicted molar refractivity (Wildman–Crippen MR) is 59.1 cm³/mol. The first-order valence-electron chi connectivity index (χ1n) is 5.20. The van der Waals surface area contributed by atoms with Crippen LogP contribution in [0.5, 0.6) is 0 Å². The van der Waals surface area contributed by atoms with Crippen molar-refractivity contribution in [3.8, 4) is 6.07 Å². The number of carbonyl (C=O) groups excluding carboxylic acids is 1. The van der Waals surface area contributed by atoms with E-state index in [2.05, 4.69) is 6.07 Å². The van der Waals surface area contributed by atoms with Gasteiger partial charge in [0.05, 0.1) is 19.3 Å². The summed E-state index contributed by atoms with van der Waals surface area (Å²) in [6.45, 7) is 4.28. The summed E-state index contributed by atoms with van der Waals surface area (Å²) < 4.78 is 5.40. The van der Waals surface area contributed by atoms with Crippen LogP contribution in [0.4, 0.5) is 0 Å². The average Bonchev–Trinajstić information content (AvgIpc) is 2.29. The van der Waals surface area contributed by atoms with Gasteiger partial charge in [-0.25, -0.2) is 0 Å². The highest BCUT2D eigenvalue weighted by Crippen LogP contribution is 2.32. The lowest BCUT2D eigenvalue weighted by Crippen LogP contribution is -2.32. The van der Waals surface area contributed by atoms with Crippen LogP contribution < -0.4 is 0 Å². The van der Waals surface area contributed by atoms with Crippen molar-refractivity contribution in [3.63, 3.8) is 0 Å². The molecule has 0 unspecified atom stereocenters. The molecule has 1 aromatic rings. The number of hydrogen-bond acceptors (Lipinski definition) is 3. The van der Waals surface area contributed by atoms with E-state index in [1.54, 1.807) is 6.07 Å². The van der Waals surface area contributed by atoms with E-state index < -0.39 is 5.41 Å². The molecule has 0 bridgehead atoms. The Kier molecular flexibility index (Phi) is 2.53. The second-order valence-electron chi connectivity index (χ2n) is 4.36. The maximum Gasteiger partial charge on any atom is 0.159 e. The van der Waals surface area contributed by atoms with Crippen LogP contribution in [0.15, 0.2) is 18.2 Å². The van der Waals surface area contributed by atoms with Gasteiger partial charge in [-0.05, 0) is 31.0 Å². The van der Waals surface area contributed by atoms with Gasteiger partial charge in [0, 0.05) is 5.56 Å². The maximum absolute atomic E-state index is 11.3. The third kappa shape index (κ3) is 1.62. The summed E-state index contributed by atoms with van der Waals surface area (Å²) in [6, 6.07) is 7.75. The largest absolute Gasteiger partial charge is 0.375 e. The third-order valence-electron chi connectivity index (χ3n) is 3.01. The average molecular weight is 215 g/mol. The summed E-state index contributed by atoms with van der Waals surface area (Å²) in [5.74, 6) is 0.0228. The molecule has 0 amide bonds. The molecule has 1 heterocycles. The minimum absolute atomic E-state index is 0.0228. The highest BCUT2D eigenvalue weighted by molar-refractivity contribution is 5.94. The van der Waals surface area contributed by atoms with E-state index in [9.17, 15) is 10.1 Å². The molecule has 0 saturated heterocycles. The number of ketones is 1. The summed E-state index contributed by atoms with van der Waals surface area (Å²) in [5.41, 5.74) is 1.94. The lowest BCUT2D eigenvalue weighted by Gasteiger charge is -2.30. The molecule has 0 fully saturated rings. The number of benzene rings is 1. The van der Waals surface area contributed by atoms with Gasteiger partial charge in [0.2, 0.25) is 0 Å². The molecule has 1 atom stereocenters. The molecule has 0 N–H and O–H groups in total. The monoisotopic (exact) mass is 215 g/mol. The summed E-state index contributed by atoms with van der Waals surface area (Å²) in [6.07, 6.45) is 0. The van der Waals surface area contributed by atoms with Gasteiger partial charge in [-0.3, -0.25) is 4.79 Å². The fraction of sp³-hybridized carbons (Fsp3) is 0.385. The van der Waals surface area contributed by atoms with Crippen molar-refractivity contribution in [1.29, 1.82) is 5.26 Å². The molecule has 3 nitrogen and oxygen atoms in total. The first kappa shape index (κ1) is 10.8. The second-order valence-corrected chi connectivity index (χ2v) is 4.36. The van der Waals surface area contributed by atoms with E-state index in [0.29, 0.717) is 18.8 Å². The van der Waals surface area contributed by atoms with Crippen LogP contribution in [-0.4, -0.2) is 12.4 Å². The molecule has 3 heteroatoms. The van der Waals surface area contributed by atoms with E-state index in [1.165, 1.54) is 6.92 Å². The topological polar surface area (TPSA) is 50.1 Å². The number of carbonyl (C=O) groups is 1. The molecule has 1 aliphatic heterocycles. The molecule has 0 aliphatic carbocycles. The maximum atomic E-state index is 11.3. The lowest BCUT2D eigenvalue weighted by atomic mass is 9.79. The Morgan fingerprint density at radius 1 is 1.56 bits per heavy atom. The van der Waals surface area contributed by atoms with Crippen LogP contribution >= 0.6 is 0 Å². The van der Waals surface area contributed by atoms with Crippen LogP contribution in [0.25, 0.3) is 0 Å². The fourth-order valence-electron chi connectivity index (χ4n) is 1.97. The number of nitriles is 1. The third-order valence-corrected chi connectivity index (χ3v) is 3.01. The molecule has 0 aromatic heterocycles. The normalized spacial score (nSPS) is 23.3. The van der Waals surface area contributed by atoms with Gasteiger partial charge in [-0.2, -0.15) is 5.26 Å². The van der Waals surface area contributed by atoms with Gasteiger partial charge in [0.25, 0.3) is 0 Å². The van der Waals surface area contributed by atoms with Crippen molar-refractivity contribution in [2.24, 2.45) is 0 Å². The molecule has 1 aliphatic rings. The van der Waals surface area contributed by atoms with Crippen molar-refractivity contribution in [2.45, 2.75) is 25.9 Å². The Morgan fingerprint density at radius 2 is 2.31 bits per heavy atom. The van der Waals surface area contributed by atoms with Crippen molar-refractivity contribution in [3.05, 3.63) is 34.9 Å². The molecule has 1 aromatic carbocycles. The standard InChI is InChI=1S/C13H13NO2/c1-9(15)10-3-4-11-6-16-8-13(2,7-14)12(11)5-10/h3-5H,6,8H2,1-2H3/t13-/m1/s1. The SMILES string of the molecule is CC(=O)c1ccc2c(c1)[C@](C)(C#N)COC2. The summed E-state index contributed by atoms with van der Waals surface area (Å²) in [5, 5.41) is 9.21. The van der Waals surface area contributed by atoms with E-state index in [4.69, 9.17) is 4.74 Å². The zero-order valence-corrected chi connectivity index (χ0v) is 9.41. The number of Topliss-reactive ketones (excluding diaryl/α,β-unsaturated/α-hetero) is 1. The van der Waals surface area contributed by atoms with E-state index >= 15 is 0 Å². The van der Waals surface area contributed by atoms with E-state index in [1.807, 2.05) is 19.1 Å². The number of ether oxygens (including phenoxy) is 1. The van der Waals surface area contributed by atoms with Crippen molar-refractivity contribution in [1.82, 2.24) is 0 Å². The Morgan fingerprint density at radius 3 is 2.94 bits per heavy atom. The summed E-state index contributed by atoms with van der Waals surface area (Å²) in [4.78, 5) is 11.3. The fourth-order valence-corrected chi connectivity index (χ4v) is 1.97. The Bertz CT molecular complexity index is 487. The van der Waals surface area contributed by atoms with Gasteiger partial charge in [-0.1, -0.05) is 12.1 Å². The van der Waals surface area contributed by atoms with E-state index in [0.717, 1.165) is 11.1 Å². The number of nitrogens with zero attached hydrogens (tertiary/aromatic N) is 1.